The third-order valence-corrected chi connectivity index (χ3v) is 4.01. The highest BCUT2D eigenvalue weighted by Gasteiger charge is 2.17. The van der Waals surface area contributed by atoms with Crippen molar-refractivity contribution in [3.05, 3.63) is 54.4 Å². The molecule has 7 heteroatoms. The summed E-state index contributed by atoms with van der Waals surface area (Å²) in [5.74, 6) is 2.28. The van der Waals surface area contributed by atoms with Crippen LogP contribution >= 0.6 is 0 Å². The number of nitrogens with zero attached hydrogens (tertiary/aromatic N) is 4. The summed E-state index contributed by atoms with van der Waals surface area (Å²) in [5.41, 5.74) is 1.86. The normalized spacial score (nSPS) is 14.6. The van der Waals surface area contributed by atoms with Gasteiger partial charge in [-0.1, -0.05) is 18.2 Å². The van der Waals surface area contributed by atoms with Gasteiger partial charge in [0.2, 0.25) is 0 Å². The molecule has 0 aliphatic carbocycles. The van der Waals surface area contributed by atoms with E-state index < -0.39 is 0 Å². The standard InChI is InChI=1S/C18H19N5O2/c1-13(18-20-21-22-23(18)15-6-3-2-4-7-15)19-14-8-9-16-17(12-14)25-11-5-10-24-16/h2-4,6-9,12-13,19H,5,10-11H2,1H3/t13-/m0/s1. The third-order valence-electron chi connectivity index (χ3n) is 4.01. The summed E-state index contributed by atoms with van der Waals surface area (Å²) in [6, 6.07) is 15.6. The molecule has 1 aromatic heterocycles. The third kappa shape index (κ3) is 3.26. The number of para-hydroxylation sites is 1. The number of fused-ring (bicyclic) bond motifs is 1. The van der Waals surface area contributed by atoms with E-state index in [1.165, 1.54) is 0 Å². The Hall–Kier alpha value is -3.09. The molecule has 0 fully saturated rings. The summed E-state index contributed by atoms with van der Waals surface area (Å²) in [7, 11) is 0. The molecule has 1 atom stereocenters. The van der Waals surface area contributed by atoms with E-state index in [1.54, 1.807) is 4.68 Å². The molecule has 2 aromatic carbocycles. The largest absolute Gasteiger partial charge is 0.490 e. The lowest BCUT2D eigenvalue weighted by Gasteiger charge is -2.16. The molecule has 0 bridgehead atoms. The first-order chi connectivity index (χ1) is 12.3. The number of anilines is 1. The van der Waals surface area contributed by atoms with E-state index in [-0.39, 0.29) is 6.04 Å². The molecule has 0 spiro atoms. The van der Waals surface area contributed by atoms with Crippen molar-refractivity contribution in [3.63, 3.8) is 0 Å². The highest BCUT2D eigenvalue weighted by Crippen LogP contribution is 2.33. The Morgan fingerprint density at radius 3 is 2.68 bits per heavy atom. The van der Waals surface area contributed by atoms with Crippen molar-refractivity contribution in [2.45, 2.75) is 19.4 Å². The maximum absolute atomic E-state index is 5.74. The average molecular weight is 337 g/mol. The van der Waals surface area contributed by atoms with Gasteiger partial charge in [-0.15, -0.1) is 5.10 Å². The van der Waals surface area contributed by atoms with E-state index >= 15 is 0 Å². The molecule has 0 unspecified atom stereocenters. The van der Waals surface area contributed by atoms with Gasteiger partial charge in [0.1, 0.15) is 0 Å². The average Bonchev–Trinajstić information content (AvgIpc) is 3.02. The van der Waals surface area contributed by atoms with Crippen LogP contribution < -0.4 is 14.8 Å². The summed E-state index contributed by atoms with van der Waals surface area (Å²) < 4.78 is 13.1. The lowest BCUT2D eigenvalue weighted by molar-refractivity contribution is 0.297. The number of hydrogen-bond acceptors (Lipinski definition) is 6. The Balaban J connectivity index is 1.56. The Morgan fingerprint density at radius 1 is 1.04 bits per heavy atom. The maximum Gasteiger partial charge on any atom is 0.178 e. The van der Waals surface area contributed by atoms with Crippen molar-refractivity contribution < 1.29 is 9.47 Å². The molecular formula is C18H19N5O2. The number of hydrogen-bond donors (Lipinski definition) is 1. The predicted molar refractivity (Wildman–Crippen MR) is 93.2 cm³/mol. The lowest BCUT2D eigenvalue weighted by Crippen LogP contribution is -2.13. The summed E-state index contributed by atoms with van der Waals surface area (Å²) in [6.45, 7) is 3.37. The second-order valence-electron chi connectivity index (χ2n) is 5.86. The smallest absolute Gasteiger partial charge is 0.178 e. The van der Waals surface area contributed by atoms with E-state index in [1.807, 2.05) is 55.5 Å². The maximum atomic E-state index is 5.74. The van der Waals surface area contributed by atoms with Crippen LogP contribution in [0.3, 0.4) is 0 Å². The zero-order chi connectivity index (χ0) is 17.1. The van der Waals surface area contributed by atoms with Crippen LogP contribution in [0.2, 0.25) is 0 Å². The topological polar surface area (TPSA) is 74.1 Å². The number of aromatic nitrogens is 4. The number of tetrazole rings is 1. The molecular weight excluding hydrogens is 318 g/mol. The number of nitrogens with one attached hydrogen (secondary N) is 1. The van der Waals surface area contributed by atoms with Crippen molar-refractivity contribution >= 4 is 5.69 Å². The van der Waals surface area contributed by atoms with Gasteiger partial charge in [-0.05, 0) is 41.6 Å². The molecule has 1 aliphatic heterocycles. The van der Waals surface area contributed by atoms with E-state index in [2.05, 4.69) is 20.8 Å². The number of ether oxygens (including phenoxy) is 2. The fourth-order valence-corrected chi connectivity index (χ4v) is 2.78. The van der Waals surface area contributed by atoms with Crippen LogP contribution in [0.25, 0.3) is 5.69 Å². The van der Waals surface area contributed by atoms with Crippen molar-refractivity contribution in [1.29, 1.82) is 0 Å². The minimum absolute atomic E-state index is 0.0834. The first kappa shape index (κ1) is 15.4. The number of benzene rings is 2. The van der Waals surface area contributed by atoms with E-state index in [0.717, 1.165) is 35.1 Å². The van der Waals surface area contributed by atoms with E-state index in [9.17, 15) is 0 Å². The molecule has 1 N–H and O–H groups in total. The molecule has 0 amide bonds. The summed E-state index contributed by atoms with van der Waals surface area (Å²) in [4.78, 5) is 0. The van der Waals surface area contributed by atoms with Gasteiger partial charge in [0.25, 0.3) is 0 Å². The van der Waals surface area contributed by atoms with Gasteiger partial charge < -0.3 is 14.8 Å². The molecule has 2 heterocycles. The van der Waals surface area contributed by atoms with Crippen molar-refractivity contribution in [2.75, 3.05) is 18.5 Å². The Bertz CT molecular complexity index is 850. The van der Waals surface area contributed by atoms with Crippen LogP contribution in [0.1, 0.15) is 25.2 Å². The van der Waals surface area contributed by atoms with Gasteiger partial charge in [-0.2, -0.15) is 4.68 Å². The van der Waals surface area contributed by atoms with Gasteiger partial charge in [-0.3, -0.25) is 0 Å². The molecule has 0 saturated carbocycles. The summed E-state index contributed by atoms with van der Waals surface area (Å²) >= 11 is 0. The molecule has 128 valence electrons. The van der Waals surface area contributed by atoms with Crippen LogP contribution in [-0.2, 0) is 0 Å². The zero-order valence-electron chi connectivity index (χ0n) is 13.9. The number of rotatable bonds is 4. The van der Waals surface area contributed by atoms with E-state index in [0.29, 0.717) is 13.2 Å². The molecule has 3 aromatic rings. The summed E-state index contributed by atoms with van der Waals surface area (Å²) in [5, 5.41) is 15.5. The molecule has 0 radical (unpaired) electrons. The minimum atomic E-state index is -0.0834. The lowest BCUT2D eigenvalue weighted by atomic mass is 10.2. The fourth-order valence-electron chi connectivity index (χ4n) is 2.78. The SMILES string of the molecule is C[C@H](Nc1ccc2c(c1)OCCCO2)c1nnnn1-c1ccccc1. The Kier molecular flexibility index (Phi) is 4.20. The van der Waals surface area contributed by atoms with Gasteiger partial charge in [0.05, 0.1) is 24.9 Å². The van der Waals surface area contributed by atoms with E-state index in [4.69, 9.17) is 9.47 Å². The first-order valence-corrected chi connectivity index (χ1v) is 8.31. The van der Waals surface area contributed by atoms with Gasteiger partial charge in [0, 0.05) is 18.2 Å². The Morgan fingerprint density at radius 2 is 1.84 bits per heavy atom. The summed E-state index contributed by atoms with van der Waals surface area (Å²) in [6.07, 6.45) is 0.889. The van der Waals surface area contributed by atoms with Gasteiger partial charge >= 0.3 is 0 Å². The molecule has 0 saturated heterocycles. The van der Waals surface area contributed by atoms with Crippen LogP contribution in [0.4, 0.5) is 5.69 Å². The van der Waals surface area contributed by atoms with Crippen molar-refractivity contribution in [2.24, 2.45) is 0 Å². The van der Waals surface area contributed by atoms with Gasteiger partial charge in [0.15, 0.2) is 17.3 Å². The quantitative estimate of drug-likeness (QED) is 0.789. The fraction of sp³-hybridized carbons (Fsp3) is 0.278. The van der Waals surface area contributed by atoms with Crippen LogP contribution in [0, 0.1) is 0 Å². The second-order valence-corrected chi connectivity index (χ2v) is 5.86. The van der Waals surface area contributed by atoms with Crippen LogP contribution in [-0.4, -0.2) is 33.4 Å². The minimum Gasteiger partial charge on any atom is -0.490 e. The highest BCUT2D eigenvalue weighted by molar-refractivity contribution is 5.55. The Labute approximate surface area is 145 Å². The second kappa shape index (κ2) is 6.80. The molecule has 1 aliphatic rings. The predicted octanol–water partition coefficient (Wildman–Crippen LogP) is 3.00. The first-order valence-electron chi connectivity index (χ1n) is 8.31. The van der Waals surface area contributed by atoms with Crippen molar-refractivity contribution in [1.82, 2.24) is 20.2 Å². The molecule has 4 rings (SSSR count). The monoisotopic (exact) mass is 337 g/mol. The molecule has 25 heavy (non-hydrogen) atoms. The van der Waals surface area contributed by atoms with Crippen LogP contribution in [0.5, 0.6) is 11.5 Å². The van der Waals surface area contributed by atoms with Crippen LogP contribution in [0.15, 0.2) is 48.5 Å². The van der Waals surface area contributed by atoms with Crippen molar-refractivity contribution in [3.8, 4) is 17.2 Å². The molecule has 7 nitrogen and oxygen atoms in total. The zero-order valence-corrected chi connectivity index (χ0v) is 13.9. The highest BCUT2D eigenvalue weighted by atomic mass is 16.5. The van der Waals surface area contributed by atoms with Gasteiger partial charge in [-0.25, -0.2) is 0 Å².